The minimum atomic E-state index is 0. The van der Waals surface area contributed by atoms with E-state index in [1.807, 2.05) is 0 Å². The summed E-state index contributed by atoms with van der Waals surface area (Å²) in [6, 6.07) is 0. The molecule has 2 heteroatoms. The van der Waals surface area contributed by atoms with Gasteiger partial charge in [-0.25, -0.2) is 0 Å². The Morgan fingerprint density at radius 3 is 1.93 bits per heavy atom. The Bertz CT molecular complexity index is 129. The molecular weight excluding hydrogens is 314 g/mol. The van der Waals surface area contributed by atoms with E-state index in [1.165, 1.54) is 44.9 Å². The maximum atomic E-state index is 2.97. The van der Waals surface area contributed by atoms with Crippen molar-refractivity contribution in [3.63, 3.8) is 0 Å². The van der Waals surface area contributed by atoms with E-state index in [2.05, 4.69) is 36.9 Å². The summed E-state index contributed by atoms with van der Waals surface area (Å²) in [5.74, 6) is 0.832. The van der Waals surface area contributed by atoms with Crippen LogP contribution in [0.25, 0.3) is 0 Å². The van der Waals surface area contributed by atoms with Gasteiger partial charge >= 0.3 is 0 Å². The third kappa shape index (κ3) is 11.4. The van der Waals surface area contributed by atoms with Crippen LogP contribution in [0.15, 0.2) is 0 Å². The lowest BCUT2D eigenvalue weighted by Crippen LogP contribution is -2.20. The van der Waals surface area contributed by atoms with Gasteiger partial charge in [0.2, 0.25) is 0 Å². The molecule has 15 heavy (non-hydrogen) atoms. The molecule has 0 radical (unpaired) electrons. The van der Waals surface area contributed by atoms with Crippen LogP contribution in [0.1, 0.15) is 72.6 Å². The number of halogens is 1. The minimum absolute atomic E-state index is 0. The van der Waals surface area contributed by atoms with Crippen molar-refractivity contribution in [1.29, 1.82) is 0 Å². The molecule has 0 aliphatic carbocycles. The number of hydrogen-bond acceptors (Lipinski definition) is 0. The molecule has 0 saturated heterocycles. The molecule has 0 aromatic carbocycles. The lowest BCUT2D eigenvalue weighted by Gasteiger charge is -2.26. The van der Waals surface area contributed by atoms with Crippen LogP contribution >= 0.6 is 33.2 Å². The van der Waals surface area contributed by atoms with Gasteiger partial charge in [0.1, 0.15) is 0 Å². The van der Waals surface area contributed by atoms with Gasteiger partial charge in [-0.1, -0.05) is 66.2 Å². The van der Waals surface area contributed by atoms with Crippen LogP contribution in [-0.2, 0) is 0 Å². The summed E-state index contributed by atoms with van der Waals surface area (Å²) < 4.78 is 0. The largest absolute Gasteiger partial charge is 0.131 e. The van der Waals surface area contributed by atoms with Gasteiger partial charge in [0, 0.05) is 0 Å². The highest BCUT2D eigenvalue weighted by molar-refractivity contribution is 14.0. The summed E-state index contributed by atoms with van der Waals surface area (Å²) in [6.07, 6.45) is 9.91. The summed E-state index contributed by atoms with van der Waals surface area (Å²) in [5, 5.41) is 0.420. The van der Waals surface area contributed by atoms with Gasteiger partial charge in [-0.2, -0.15) is 0 Å². The molecule has 0 bridgehead atoms. The molecule has 0 saturated carbocycles. The molecule has 0 fully saturated rings. The van der Waals surface area contributed by atoms with Crippen LogP contribution < -0.4 is 0 Å². The molecule has 0 amide bonds. The number of hydrogen-bond donors (Lipinski definition) is 0. The van der Waals surface area contributed by atoms with Crippen molar-refractivity contribution in [2.75, 3.05) is 0 Å². The molecule has 0 aliphatic rings. The Kier molecular flexibility index (Phi) is 12.7. The van der Waals surface area contributed by atoms with Gasteiger partial charge in [0.25, 0.3) is 0 Å². The molecule has 0 aromatic rings. The maximum Gasteiger partial charge on any atom is -0.0181 e. The first-order valence-corrected chi connectivity index (χ1v) is 6.85. The quantitative estimate of drug-likeness (QED) is 0.303. The van der Waals surface area contributed by atoms with Crippen molar-refractivity contribution in [2.45, 2.75) is 77.8 Å². The van der Waals surface area contributed by atoms with Crippen LogP contribution in [0.3, 0.4) is 0 Å². The van der Waals surface area contributed by atoms with Crippen molar-refractivity contribution in [2.24, 2.45) is 5.92 Å². The van der Waals surface area contributed by atoms with Crippen LogP contribution in [0, 0.1) is 5.92 Å². The zero-order valence-corrected chi connectivity index (χ0v) is 14.5. The van der Waals surface area contributed by atoms with Crippen molar-refractivity contribution in [3.8, 4) is 0 Å². The molecule has 2 unspecified atom stereocenters. The van der Waals surface area contributed by atoms with Crippen LogP contribution in [0.2, 0.25) is 0 Å². The smallest absolute Gasteiger partial charge is 0.0181 e. The van der Waals surface area contributed by atoms with Gasteiger partial charge in [-0.3, -0.25) is 0 Å². The Morgan fingerprint density at radius 1 is 1.00 bits per heavy atom. The summed E-state index contributed by atoms with van der Waals surface area (Å²) in [7, 11) is 2.97. The fraction of sp³-hybridized carbons (Fsp3) is 1.00. The third-order valence-corrected chi connectivity index (χ3v) is 3.83. The Morgan fingerprint density at radius 2 is 1.47 bits per heavy atom. The van der Waals surface area contributed by atoms with E-state index in [4.69, 9.17) is 0 Å². The second kappa shape index (κ2) is 10.3. The first kappa shape index (κ1) is 18.5. The van der Waals surface area contributed by atoms with E-state index in [0.717, 1.165) is 5.92 Å². The second-order valence-electron chi connectivity index (χ2n) is 5.28. The molecular formula is C13H30IP. The molecule has 0 aliphatic heterocycles. The summed E-state index contributed by atoms with van der Waals surface area (Å²) in [5.41, 5.74) is 0. The Labute approximate surface area is 117 Å². The van der Waals surface area contributed by atoms with Crippen molar-refractivity contribution in [3.05, 3.63) is 0 Å². The average Bonchev–Trinajstić information content (AvgIpc) is 2.09. The third-order valence-electron chi connectivity index (χ3n) is 3.26. The van der Waals surface area contributed by atoms with E-state index in [1.54, 1.807) is 0 Å². The first-order chi connectivity index (χ1) is 6.48. The fourth-order valence-corrected chi connectivity index (χ4v) is 1.77. The number of unbranched alkanes of at least 4 members (excludes halogenated alkanes) is 5. The van der Waals surface area contributed by atoms with E-state index in [-0.39, 0.29) is 24.0 Å². The van der Waals surface area contributed by atoms with Crippen molar-refractivity contribution >= 4 is 33.2 Å². The SMILES string of the molecule is CCCCCCCCC(C)C(C)(C)P.I. The molecule has 0 nitrogen and oxygen atoms in total. The highest BCUT2D eigenvalue weighted by Gasteiger charge is 2.19. The number of rotatable bonds is 8. The van der Waals surface area contributed by atoms with Gasteiger partial charge in [0.05, 0.1) is 0 Å². The van der Waals surface area contributed by atoms with E-state index < -0.39 is 0 Å². The lowest BCUT2D eigenvalue weighted by molar-refractivity contribution is 0.407. The highest BCUT2D eigenvalue weighted by atomic mass is 127. The molecule has 0 aromatic heterocycles. The molecule has 0 N–H and O–H groups in total. The van der Waals surface area contributed by atoms with E-state index in [9.17, 15) is 0 Å². The predicted octanol–water partition coefficient (Wildman–Crippen LogP) is 5.64. The van der Waals surface area contributed by atoms with Crippen LogP contribution in [0.5, 0.6) is 0 Å². The topological polar surface area (TPSA) is 0 Å². The van der Waals surface area contributed by atoms with Gasteiger partial charge in [-0.15, -0.1) is 33.2 Å². The predicted molar refractivity (Wildman–Crippen MR) is 86.4 cm³/mol. The molecule has 94 valence electrons. The summed E-state index contributed by atoms with van der Waals surface area (Å²) >= 11 is 0. The Hall–Kier alpha value is 1.16. The second-order valence-corrected chi connectivity index (χ2v) is 6.77. The van der Waals surface area contributed by atoms with Crippen molar-refractivity contribution in [1.82, 2.24) is 0 Å². The lowest BCUT2D eigenvalue weighted by atomic mass is 9.91. The Balaban J connectivity index is 0. The zero-order valence-electron chi connectivity index (χ0n) is 11.0. The first-order valence-electron chi connectivity index (χ1n) is 6.27. The normalized spacial score (nSPS) is 13.4. The van der Waals surface area contributed by atoms with E-state index in [0.29, 0.717) is 5.16 Å². The van der Waals surface area contributed by atoms with Gasteiger partial charge in [0.15, 0.2) is 0 Å². The standard InChI is InChI=1S/C13H29P.HI/c1-5-6-7-8-9-10-11-12(2)13(3,4)14;/h12H,5-11,14H2,1-4H3;1H. The van der Waals surface area contributed by atoms with Gasteiger partial charge < -0.3 is 0 Å². The average molecular weight is 344 g/mol. The van der Waals surface area contributed by atoms with E-state index >= 15 is 0 Å². The molecule has 0 spiro atoms. The summed E-state index contributed by atoms with van der Waals surface area (Å²) in [4.78, 5) is 0. The molecule has 2 atom stereocenters. The summed E-state index contributed by atoms with van der Waals surface area (Å²) in [6.45, 7) is 9.29. The molecule has 0 heterocycles. The highest BCUT2D eigenvalue weighted by Crippen LogP contribution is 2.30. The van der Waals surface area contributed by atoms with Gasteiger partial charge in [-0.05, 0) is 17.5 Å². The van der Waals surface area contributed by atoms with Crippen LogP contribution in [0.4, 0.5) is 0 Å². The zero-order chi connectivity index (χ0) is 11.0. The van der Waals surface area contributed by atoms with Crippen LogP contribution in [-0.4, -0.2) is 5.16 Å². The maximum absolute atomic E-state index is 2.97. The fourth-order valence-electron chi connectivity index (χ4n) is 1.60. The minimum Gasteiger partial charge on any atom is -0.131 e. The monoisotopic (exact) mass is 344 g/mol. The molecule has 0 rings (SSSR count). The van der Waals surface area contributed by atoms with Crippen molar-refractivity contribution < 1.29 is 0 Å².